The van der Waals surface area contributed by atoms with Gasteiger partial charge in [0.05, 0.1) is 11.1 Å². The van der Waals surface area contributed by atoms with Crippen LogP contribution in [0, 0.1) is 0 Å². The normalized spacial score (nSPS) is 11.1. The zero-order chi connectivity index (χ0) is 15.1. The van der Waals surface area contributed by atoms with E-state index < -0.39 is 5.97 Å². The lowest BCUT2D eigenvalue weighted by atomic mass is 10.1. The molecule has 0 saturated heterocycles. The Balaban J connectivity index is 2.01. The summed E-state index contributed by atoms with van der Waals surface area (Å²) in [5.41, 5.74) is 2.05. The van der Waals surface area contributed by atoms with Crippen LogP contribution in [0.3, 0.4) is 0 Å². The van der Waals surface area contributed by atoms with Gasteiger partial charge in [-0.25, -0.2) is 9.78 Å². The fourth-order valence-electron chi connectivity index (χ4n) is 2.63. The summed E-state index contributed by atoms with van der Waals surface area (Å²) in [6.45, 7) is 0. The van der Waals surface area contributed by atoms with Gasteiger partial charge in [0.1, 0.15) is 5.52 Å². The van der Waals surface area contributed by atoms with Crippen LogP contribution in [0.25, 0.3) is 33.3 Å². The Morgan fingerprint density at radius 1 is 0.955 bits per heavy atom. The largest absolute Gasteiger partial charge is 0.478 e. The summed E-state index contributed by atoms with van der Waals surface area (Å²) in [6.07, 6.45) is 0. The first-order valence-electron chi connectivity index (χ1n) is 6.85. The number of nitrogens with zero attached hydrogens (tertiary/aromatic N) is 1. The van der Waals surface area contributed by atoms with Crippen molar-refractivity contribution in [2.45, 2.75) is 0 Å². The second kappa shape index (κ2) is 4.70. The van der Waals surface area contributed by atoms with E-state index in [9.17, 15) is 9.90 Å². The van der Waals surface area contributed by atoms with E-state index >= 15 is 0 Å². The summed E-state index contributed by atoms with van der Waals surface area (Å²) in [5, 5.41) is 11.3. The third-order valence-electron chi connectivity index (χ3n) is 3.67. The number of carboxylic acids is 1. The number of oxazole rings is 1. The highest BCUT2D eigenvalue weighted by Crippen LogP contribution is 2.31. The molecule has 1 N–H and O–H groups in total. The molecule has 106 valence electrons. The molecule has 0 amide bonds. The van der Waals surface area contributed by atoms with Crippen molar-refractivity contribution < 1.29 is 14.3 Å². The number of benzene rings is 3. The first-order chi connectivity index (χ1) is 10.7. The predicted octanol–water partition coefficient (Wildman–Crippen LogP) is 4.35. The minimum atomic E-state index is -0.997. The third-order valence-corrected chi connectivity index (χ3v) is 3.67. The molecule has 0 aliphatic rings. The van der Waals surface area contributed by atoms with Crippen molar-refractivity contribution in [2.24, 2.45) is 0 Å². The summed E-state index contributed by atoms with van der Waals surface area (Å²) >= 11 is 0. The fourth-order valence-corrected chi connectivity index (χ4v) is 2.63. The smallest absolute Gasteiger partial charge is 0.336 e. The van der Waals surface area contributed by atoms with Gasteiger partial charge in [-0.3, -0.25) is 0 Å². The average molecular weight is 289 g/mol. The molecule has 1 aromatic heterocycles. The third kappa shape index (κ3) is 1.85. The van der Waals surface area contributed by atoms with E-state index in [1.807, 2.05) is 36.4 Å². The van der Waals surface area contributed by atoms with Crippen molar-refractivity contribution in [3.8, 4) is 11.5 Å². The molecular weight excluding hydrogens is 278 g/mol. The Hall–Kier alpha value is -3.14. The highest BCUT2D eigenvalue weighted by atomic mass is 16.4. The van der Waals surface area contributed by atoms with Crippen LogP contribution in [0.5, 0.6) is 0 Å². The van der Waals surface area contributed by atoms with Crippen molar-refractivity contribution in [1.82, 2.24) is 4.98 Å². The number of aromatic nitrogens is 1. The van der Waals surface area contributed by atoms with Crippen LogP contribution in [-0.4, -0.2) is 16.1 Å². The number of hydrogen-bond acceptors (Lipinski definition) is 3. The van der Waals surface area contributed by atoms with Gasteiger partial charge in [-0.2, -0.15) is 0 Å². The van der Waals surface area contributed by atoms with Gasteiger partial charge in [0, 0.05) is 5.39 Å². The second-order valence-electron chi connectivity index (χ2n) is 5.00. The van der Waals surface area contributed by atoms with Crippen molar-refractivity contribution in [2.75, 3.05) is 0 Å². The van der Waals surface area contributed by atoms with E-state index in [4.69, 9.17) is 4.42 Å². The van der Waals surface area contributed by atoms with Gasteiger partial charge in [-0.05, 0) is 23.6 Å². The Morgan fingerprint density at radius 3 is 2.59 bits per heavy atom. The Bertz CT molecular complexity index is 1020. The minimum Gasteiger partial charge on any atom is -0.478 e. The van der Waals surface area contributed by atoms with Gasteiger partial charge in [0.25, 0.3) is 0 Å². The number of carbonyl (C=O) groups is 1. The van der Waals surface area contributed by atoms with Crippen LogP contribution in [0.1, 0.15) is 10.4 Å². The molecule has 0 radical (unpaired) electrons. The number of aromatic carboxylic acids is 1. The summed E-state index contributed by atoms with van der Waals surface area (Å²) in [6, 6.07) is 18.4. The van der Waals surface area contributed by atoms with Crippen molar-refractivity contribution in [3.05, 3.63) is 66.2 Å². The van der Waals surface area contributed by atoms with Crippen LogP contribution < -0.4 is 0 Å². The molecule has 0 saturated carbocycles. The number of carboxylic acid groups (broad SMARTS) is 1. The fraction of sp³-hybridized carbons (Fsp3) is 0. The lowest BCUT2D eigenvalue weighted by Crippen LogP contribution is -1.98. The summed E-state index contributed by atoms with van der Waals surface area (Å²) < 4.78 is 5.88. The van der Waals surface area contributed by atoms with Gasteiger partial charge in [-0.1, -0.05) is 42.5 Å². The van der Waals surface area contributed by atoms with Crippen LogP contribution in [0.2, 0.25) is 0 Å². The predicted molar refractivity (Wildman–Crippen MR) is 83.9 cm³/mol. The van der Waals surface area contributed by atoms with Gasteiger partial charge < -0.3 is 9.52 Å². The summed E-state index contributed by atoms with van der Waals surface area (Å²) in [4.78, 5) is 15.8. The van der Waals surface area contributed by atoms with Gasteiger partial charge in [-0.15, -0.1) is 0 Å². The Kier molecular flexibility index (Phi) is 2.69. The molecule has 1 heterocycles. The Labute approximate surface area is 125 Å². The molecule has 22 heavy (non-hydrogen) atoms. The zero-order valence-corrected chi connectivity index (χ0v) is 11.5. The molecule has 0 bridgehead atoms. The molecule has 4 aromatic rings. The average Bonchev–Trinajstić information content (AvgIpc) is 2.99. The maximum atomic E-state index is 11.4. The van der Waals surface area contributed by atoms with E-state index in [0.29, 0.717) is 22.6 Å². The summed E-state index contributed by atoms with van der Waals surface area (Å²) in [7, 11) is 0. The van der Waals surface area contributed by atoms with Crippen LogP contribution >= 0.6 is 0 Å². The van der Waals surface area contributed by atoms with Gasteiger partial charge in [0.15, 0.2) is 5.58 Å². The van der Waals surface area contributed by atoms with E-state index in [1.54, 1.807) is 24.3 Å². The molecule has 0 atom stereocenters. The van der Waals surface area contributed by atoms with Gasteiger partial charge in [0.2, 0.25) is 5.89 Å². The summed E-state index contributed by atoms with van der Waals surface area (Å²) in [5.74, 6) is -0.674. The maximum Gasteiger partial charge on any atom is 0.336 e. The van der Waals surface area contributed by atoms with E-state index in [1.165, 1.54) is 0 Å². The lowest BCUT2D eigenvalue weighted by molar-refractivity contribution is 0.0697. The number of rotatable bonds is 2. The highest BCUT2D eigenvalue weighted by molar-refractivity contribution is 6.04. The van der Waals surface area contributed by atoms with Crippen LogP contribution in [0.15, 0.2) is 65.1 Å². The van der Waals surface area contributed by atoms with Crippen LogP contribution in [-0.2, 0) is 0 Å². The molecule has 4 nitrogen and oxygen atoms in total. The van der Waals surface area contributed by atoms with Crippen LogP contribution in [0.4, 0.5) is 0 Å². The second-order valence-corrected chi connectivity index (χ2v) is 5.00. The Morgan fingerprint density at radius 2 is 1.73 bits per heavy atom. The first kappa shape index (κ1) is 12.6. The van der Waals surface area contributed by atoms with Crippen molar-refractivity contribution in [3.63, 3.8) is 0 Å². The zero-order valence-electron chi connectivity index (χ0n) is 11.5. The maximum absolute atomic E-state index is 11.4. The standard InChI is InChI=1S/C18H11NO3/c20-18(21)14-8-4-3-7-13(14)17-19-15-10-9-11-5-1-2-6-12(11)16(15)22-17/h1-10H,(H,20,21). The molecular formula is C18H11NO3. The number of fused-ring (bicyclic) bond motifs is 3. The van der Waals surface area contributed by atoms with Gasteiger partial charge >= 0.3 is 5.97 Å². The van der Waals surface area contributed by atoms with E-state index in [0.717, 1.165) is 10.8 Å². The topological polar surface area (TPSA) is 63.3 Å². The molecule has 3 aromatic carbocycles. The molecule has 0 aliphatic carbocycles. The van der Waals surface area contributed by atoms with E-state index in [2.05, 4.69) is 4.98 Å². The van der Waals surface area contributed by atoms with Crippen molar-refractivity contribution in [1.29, 1.82) is 0 Å². The molecule has 4 rings (SSSR count). The van der Waals surface area contributed by atoms with Crippen molar-refractivity contribution >= 4 is 27.8 Å². The first-order valence-corrected chi connectivity index (χ1v) is 6.85. The molecule has 0 spiro atoms. The SMILES string of the molecule is O=C(O)c1ccccc1-c1nc2ccc3ccccc3c2o1. The highest BCUT2D eigenvalue weighted by Gasteiger charge is 2.16. The molecule has 0 aliphatic heterocycles. The quantitative estimate of drug-likeness (QED) is 0.596. The number of hydrogen-bond donors (Lipinski definition) is 1. The molecule has 0 unspecified atom stereocenters. The minimum absolute atomic E-state index is 0.179. The lowest BCUT2D eigenvalue weighted by Gasteiger charge is -2.00. The monoisotopic (exact) mass is 289 g/mol. The molecule has 0 fully saturated rings. The van der Waals surface area contributed by atoms with E-state index in [-0.39, 0.29) is 5.56 Å². The molecule has 4 heteroatoms.